The fourth-order valence-electron chi connectivity index (χ4n) is 4.09. The van der Waals surface area contributed by atoms with E-state index < -0.39 is 5.82 Å². The van der Waals surface area contributed by atoms with Crippen molar-refractivity contribution in [3.63, 3.8) is 0 Å². The van der Waals surface area contributed by atoms with E-state index in [2.05, 4.69) is 41.7 Å². The summed E-state index contributed by atoms with van der Waals surface area (Å²) in [5.74, 6) is 1.52. The second kappa shape index (κ2) is 10.4. The van der Waals surface area contributed by atoms with E-state index in [0.29, 0.717) is 45.4 Å². The summed E-state index contributed by atoms with van der Waals surface area (Å²) in [5.41, 5.74) is 3.42. The molecule has 4 aromatic heterocycles. The van der Waals surface area contributed by atoms with Gasteiger partial charge in [0.25, 0.3) is 0 Å². The first-order valence-electron chi connectivity index (χ1n) is 11.6. The van der Waals surface area contributed by atoms with Gasteiger partial charge in [-0.2, -0.15) is 5.10 Å². The molecule has 2 N–H and O–H groups in total. The molecule has 0 atom stereocenters. The zero-order chi connectivity index (χ0) is 24.5. The molecule has 0 saturated carbocycles. The Hall–Kier alpha value is -4.22. The number of ether oxygens (including phenoxy) is 1. The highest BCUT2D eigenvalue weighted by Crippen LogP contribution is 2.33. The molecule has 0 spiro atoms. The number of nitrogens with one attached hydrogen (secondary N) is 2. The van der Waals surface area contributed by atoms with Crippen LogP contribution in [0.4, 0.5) is 15.9 Å². The van der Waals surface area contributed by atoms with E-state index in [0.717, 1.165) is 31.5 Å². The normalized spacial score (nSPS) is 13.6. The van der Waals surface area contributed by atoms with E-state index in [9.17, 15) is 0 Å². The Labute approximate surface area is 217 Å². The van der Waals surface area contributed by atoms with Crippen LogP contribution in [0.25, 0.3) is 22.3 Å². The Morgan fingerprint density at radius 1 is 1.08 bits per heavy atom. The number of hydrogen-bond donors (Lipinski definition) is 2. The fraction of sp³-hybridized carbons (Fsp3) is 0.200. The van der Waals surface area contributed by atoms with Crippen molar-refractivity contribution in [3.05, 3.63) is 72.6 Å². The van der Waals surface area contributed by atoms with Crippen LogP contribution >= 0.6 is 12.4 Å². The first-order valence-corrected chi connectivity index (χ1v) is 11.6. The van der Waals surface area contributed by atoms with Crippen molar-refractivity contribution >= 4 is 46.2 Å². The molecule has 188 valence electrons. The van der Waals surface area contributed by atoms with Gasteiger partial charge in [-0.3, -0.25) is 0 Å². The average molecular weight is 520 g/mol. The summed E-state index contributed by atoms with van der Waals surface area (Å²) < 4.78 is 23.0. The second-order valence-corrected chi connectivity index (χ2v) is 8.37. The Bertz CT molecular complexity index is 1620. The van der Waals surface area contributed by atoms with Crippen LogP contribution in [0.1, 0.15) is 24.2 Å². The fourth-order valence-corrected chi connectivity index (χ4v) is 4.09. The molecule has 0 fully saturated rings. The van der Waals surface area contributed by atoms with E-state index in [-0.39, 0.29) is 18.1 Å². The van der Waals surface area contributed by atoms with Gasteiger partial charge in [0, 0.05) is 17.8 Å². The maximum atomic E-state index is 15.4. The molecule has 5 aromatic rings. The van der Waals surface area contributed by atoms with Crippen molar-refractivity contribution in [3.8, 4) is 11.5 Å². The lowest BCUT2D eigenvalue weighted by Gasteiger charge is -2.14. The number of pyridine rings is 1. The highest BCUT2D eigenvalue weighted by molar-refractivity contribution is 5.87. The predicted octanol–water partition coefficient (Wildman–Crippen LogP) is 4.63. The molecule has 1 aromatic carbocycles. The SMILES string of the molecule is Cc1c(Oc2ccn3ncnc3c2)ccc(Nc2ncnc3cnc(C4=CCCNCC4)nc23)c1F.Cl. The number of anilines is 2. The van der Waals surface area contributed by atoms with Crippen molar-refractivity contribution < 1.29 is 9.13 Å². The molecule has 1 aliphatic heterocycles. The number of rotatable bonds is 5. The Kier molecular flexibility index (Phi) is 6.89. The molecule has 5 heterocycles. The highest BCUT2D eigenvalue weighted by atomic mass is 35.5. The molecule has 0 bridgehead atoms. The van der Waals surface area contributed by atoms with Crippen LogP contribution in [0.3, 0.4) is 0 Å². The van der Waals surface area contributed by atoms with Crippen molar-refractivity contribution in [2.45, 2.75) is 19.8 Å². The molecular weight excluding hydrogens is 497 g/mol. The standard InChI is InChI=1S/C25H22FN9O.ClH/c1-15-20(36-17-7-10-35-21(11-17)30-14-32-35)5-4-18(22(15)26)33-25-23-19(29-13-31-25)12-28-24(34-23)16-3-2-8-27-9-6-16;/h3-5,7,10-14,27H,2,6,8-9H2,1H3,(H,29,31,33);1H. The molecule has 0 radical (unpaired) electrons. The van der Waals surface area contributed by atoms with Gasteiger partial charge in [-0.05, 0) is 56.6 Å². The summed E-state index contributed by atoms with van der Waals surface area (Å²) >= 11 is 0. The maximum Gasteiger partial charge on any atom is 0.160 e. The molecule has 0 amide bonds. The predicted molar refractivity (Wildman–Crippen MR) is 140 cm³/mol. The van der Waals surface area contributed by atoms with Gasteiger partial charge >= 0.3 is 0 Å². The van der Waals surface area contributed by atoms with Crippen LogP contribution in [0.15, 0.2) is 55.4 Å². The van der Waals surface area contributed by atoms with E-state index in [1.54, 1.807) is 48.1 Å². The van der Waals surface area contributed by atoms with Crippen LogP contribution in [0, 0.1) is 12.7 Å². The third-order valence-electron chi connectivity index (χ3n) is 6.02. The van der Waals surface area contributed by atoms with Crippen LogP contribution < -0.4 is 15.4 Å². The quantitative estimate of drug-likeness (QED) is 0.342. The summed E-state index contributed by atoms with van der Waals surface area (Å²) in [5, 5.41) is 10.5. The molecular formula is C25H23ClFN9O. The number of nitrogens with zero attached hydrogens (tertiary/aromatic N) is 7. The van der Waals surface area contributed by atoms with E-state index in [1.807, 2.05) is 0 Å². The summed E-state index contributed by atoms with van der Waals surface area (Å²) in [6.45, 7) is 3.46. The second-order valence-electron chi connectivity index (χ2n) is 8.37. The number of halogens is 2. The summed E-state index contributed by atoms with van der Waals surface area (Å²) in [4.78, 5) is 22.0. The zero-order valence-corrected chi connectivity index (χ0v) is 20.7. The van der Waals surface area contributed by atoms with Gasteiger partial charge < -0.3 is 15.4 Å². The minimum Gasteiger partial charge on any atom is -0.457 e. The number of fused-ring (bicyclic) bond motifs is 2. The number of benzene rings is 1. The van der Waals surface area contributed by atoms with Crippen molar-refractivity contribution in [1.29, 1.82) is 0 Å². The Balaban J connectivity index is 0.00000280. The number of aromatic nitrogens is 7. The first kappa shape index (κ1) is 24.5. The lowest BCUT2D eigenvalue weighted by Crippen LogP contribution is -2.14. The summed E-state index contributed by atoms with van der Waals surface area (Å²) in [6, 6.07) is 6.81. The van der Waals surface area contributed by atoms with Gasteiger partial charge in [0.1, 0.15) is 35.2 Å². The molecule has 10 nitrogen and oxygen atoms in total. The minimum absolute atomic E-state index is 0. The van der Waals surface area contributed by atoms with Gasteiger partial charge in [-0.15, -0.1) is 12.4 Å². The topological polar surface area (TPSA) is 115 Å². The Morgan fingerprint density at radius 3 is 2.92 bits per heavy atom. The highest BCUT2D eigenvalue weighted by Gasteiger charge is 2.16. The van der Waals surface area contributed by atoms with Crippen molar-refractivity contribution in [2.75, 3.05) is 18.4 Å². The van der Waals surface area contributed by atoms with Gasteiger partial charge in [0.05, 0.1) is 11.9 Å². The van der Waals surface area contributed by atoms with Gasteiger partial charge in [0.2, 0.25) is 0 Å². The van der Waals surface area contributed by atoms with Gasteiger partial charge in [-0.25, -0.2) is 33.8 Å². The van der Waals surface area contributed by atoms with E-state index >= 15 is 4.39 Å². The van der Waals surface area contributed by atoms with Crippen LogP contribution in [0.2, 0.25) is 0 Å². The third-order valence-corrected chi connectivity index (χ3v) is 6.02. The Morgan fingerprint density at radius 2 is 2.00 bits per heavy atom. The lowest BCUT2D eigenvalue weighted by atomic mass is 10.1. The molecule has 0 saturated heterocycles. The summed E-state index contributed by atoms with van der Waals surface area (Å²) in [7, 11) is 0. The summed E-state index contributed by atoms with van der Waals surface area (Å²) in [6.07, 6.45) is 10.2. The van der Waals surface area contributed by atoms with E-state index in [1.165, 1.54) is 12.7 Å². The maximum absolute atomic E-state index is 15.4. The first-order chi connectivity index (χ1) is 17.7. The lowest BCUT2D eigenvalue weighted by molar-refractivity contribution is 0.471. The molecule has 12 heteroatoms. The zero-order valence-electron chi connectivity index (χ0n) is 19.8. The number of hydrogen-bond acceptors (Lipinski definition) is 9. The molecule has 0 unspecified atom stereocenters. The van der Waals surface area contributed by atoms with Crippen LogP contribution in [-0.4, -0.2) is 47.6 Å². The monoisotopic (exact) mass is 519 g/mol. The van der Waals surface area contributed by atoms with Gasteiger partial charge in [0.15, 0.2) is 23.1 Å². The van der Waals surface area contributed by atoms with E-state index in [4.69, 9.17) is 9.72 Å². The van der Waals surface area contributed by atoms with Crippen molar-refractivity contribution in [2.24, 2.45) is 0 Å². The third kappa shape index (κ3) is 4.91. The largest absolute Gasteiger partial charge is 0.457 e. The van der Waals surface area contributed by atoms with Gasteiger partial charge in [-0.1, -0.05) is 6.08 Å². The molecule has 37 heavy (non-hydrogen) atoms. The molecule has 6 rings (SSSR count). The van der Waals surface area contributed by atoms with Crippen molar-refractivity contribution in [1.82, 2.24) is 39.9 Å². The van der Waals surface area contributed by atoms with Crippen LogP contribution in [0.5, 0.6) is 11.5 Å². The molecule has 0 aliphatic carbocycles. The minimum atomic E-state index is -0.449. The molecule has 1 aliphatic rings. The average Bonchev–Trinajstić information content (AvgIpc) is 3.20. The smallest absolute Gasteiger partial charge is 0.160 e. The van der Waals surface area contributed by atoms with Crippen LogP contribution in [-0.2, 0) is 0 Å².